The second-order valence-corrected chi connectivity index (χ2v) is 7.19. The van der Waals surface area contributed by atoms with Gasteiger partial charge in [0.05, 0.1) is 11.4 Å². The standard InChI is InChI=1S/C17H19ClN2OS/c1-12-6-7-13(10-14(12)18)19-17(21)11-20-8-2-4-15(20)16-5-3-9-22-16/h3,5-7,9-10,15H,2,4,8,11H2,1H3,(H,19,21)/p+1/t15-/m1/s1. The number of aryl methyl sites for hydroxylation is 1. The van der Waals surface area contributed by atoms with E-state index in [1.807, 2.05) is 25.1 Å². The van der Waals surface area contributed by atoms with Crippen LogP contribution in [-0.2, 0) is 4.79 Å². The number of benzene rings is 1. The molecule has 0 bridgehead atoms. The maximum Gasteiger partial charge on any atom is 0.279 e. The normalized spacial score (nSPS) is 21.0. The van der Waals surface area contributed by atoms with Crippen molar-refractivity contribution < 1.29 is 9.69 Å². The highest BCUT2D eigenvalue weighted by atomic mass is 35.5. The van der Waals surface area contributed by atoms with Crippen LogP contribution in [0.4, 0.5) is 5.69 Å². The van der Waals surface area contributed by atoms with Crippen LogP contribution in [0.2, 0.25) is 5.02 Å². The van der Waals surface area contributed by atoms with Gasteiger partial charge in [-0.15, -0.1) is 11.3 Å². The third kappa shape index (κ3) is 3.51. The number of carbonyl (C=O) groups is 1. The summed E-state index contributed by atoms with van der Waals surface area (Å²) in [7, 11) is 0. The van der Waals surface area contributed by atoms with E-state index in [9.17, 15) is 4.79 Å². The van der Waals surface area contributed by atoms with E-state index in [1.165, 1.54) is 22.6 Å². The second-order valence-electron chi connectivity index (χ2n) is 5.81. The van der Waals surface area contributed by atoms with E-state index in [0.29, 0.717) is 17.6 Å². The van der Waals surface area contributed by atoms with Crippen LogP contribution in [0.5, 0.6) is 0 Å². The molecule has 0 spiro atoms. The molecule has 22 heavy (non-hydrogen) atoms. The molecule has 2 heterocycles. The van der Waals surface area contributed by atoms with E-state index in [4.69, 9.17) is 11.6 Å². The van der Waals surface area contributed by atoms with Crippen LogP contribution < -0.4 is 10.2 Å². The van der Waals surface area contributed by atoms with E-state index in [-0.39, 0.29) is 5.91 Å². The summed E-state index contributed by atoms with van der Waals surface area (Å²) in [5.74, 6) is 0.0541. The molecule has 1 fully saturated rings. The zero-order valence-electron chi connectivity index (χ0n) is 12.6. The number of rotatable bonds is 4. The van der Waals surface area contributed by atoms with Gasteiger partial charge in [-0.05, 0) is 36.1 Å². The van der Waals surface area contributed by atoms with Crippen LogP contribution in [0.3, 0.4) is 0 Å². The number of thiophene rings is 1. The molecule has 1 aromatic carbocycles. The molecule has 1 aliphatic rings. The molecule has 2 aromatic rings. The molecule has 1 amide bonds. The quantitative estimate of drug-likeness (QED) is 0.884. The molecule has 1 aromatic heterocycles. The monoisotopic (exact) mass is 335 g/mol. The number of hydrogen-bond donors (Lipinski definition) is 2. The van der Waals surface area contributed by atoms with Crippen molar-refractivity contribution in [3.05, 3.63) is 51.2 Å². The molecule has 1 aliphatic heterocycles. The Hall–Kier alpha value is -1.36. The Morgan fingerprint density at radius 3 is 3.05 bits per heavy atom. The Kier molecular flexibility index (Phi) is 4.81. The average molecular weight is 336 g/mol. The first-order valence-corrected chi connectivity index (χ1v) is 8.83. The highest BCUT2D eigenvalue weighted by Gasteiger charge is 2.32. The SMILES string of the molecule is Cc1ccc(NC(=O)C[NH+]2CCC[C@@H]2c2cccs2)cc1Cl. The summed E-state index contributed by atoms with van der Waals surface area (Å²) >= 11 is 7.89. The van der Waals surface area contributed by atoms with Crippen molar-refractivity contribution in [2.45, 2.75) is 25.8 Å². The Labute approximate surface area is 139 Å². The fraction of sp³-hybridized carbons (Fsp3) is 0.353. The minimum absolute atomic E-state index is 0.0541. The van der Waals surface area contributed by atoms with Gasteiger partial charge >= 0.3 is 0 Å². The molecule has 3 nitrogen and oxygen atoms in total. The largest absolute Gasteiger partial charge is 0.321 e. The Morgan fingerprint density at radius 1 is 1.45 bits per heavy atom. The summed E-state index contributed by atoms with van der Waals surface area (Å²) in [6.45, 7) is 3.52. The summed E-state index contributed by atoms with van der Waals surface area (Å²) in [5, 5.41) is 5.76. The number of quaternary nitrogens is 1. The molecule has 1 unspecified atom stereocenters. The molecule has 2 atom stereocenters. The van der Waals surface area contributed by atoms with Gasteiger partial charge in [-0.25, -0.2) is 0 Å². The van der Waals surface area contributed by atoms with Crippen LogP contribution in [-0.4, -0.2) is 19.0 Å². The number of nitrogens with one attached hydrogen (secondary N) is 2. The topological polar surface area (TPSA) is 33.5 Å². The molecule has 116 valence electrons. The van der Waals surface area contributed by atoms with Crippen molar-refractivity contribution in [1.29, 1.82) is 0 Å². The zero-order valence-corrected chi connectivity index (χ0v) is 14.1. The van der Waals surface area contributed by atoms with Crippen LogP contribution >= 0.6 is 22.9 Å². The third-order valence-corrected chi connectivity index (χ3v) is 5.61. The van der Waals surface area contributed by atoms with Crippen LogP contribution in [0.25, 0.3) is 0 Å². The number of hydrogen-bond acceptors (Lipinski definition) is 2. The first-order chi connectivity index (χ1) is 10.6. The summed E-state index contributed by atoms with van der Waals surface area (Å²) in [4.78, 5) is 15.1. The molecule has 1 saturated heterocycles. The minimum atomic E-state index is 0.0541. The number of amides is 1. The molecular weight excluding hydrogens is 316 g/mol. The van der Waals surface area contributed by atoms with Crippen molar-refractivity contribution in [3.8, 4) is 0 Å². The molecule has 0 saturated carbocycles. The summed E-state index contributed by atoms with van der Waals surface area (Å²) in [6, 6.07) is 10.4. The van der Waals surface area contributed by atoms with Gasteiger partial charge < -0.3 is 10.2 Å². The number of halogens is 1. The fourth-order valence-electron chi connectivity index (χ4n) is 3.04. The number of anilines is 1. The van der Waals surface area contributed by atoms with Gasteiger partial charge in [0, 0.05) is 23.6 Å². The van der Waals surface area contributed by atoms with Gasteiger partial charge in [0.2, 0.25) is 0 Å². The van der Waals surface area contributed by atoms with Crippen LogP contribution in [0.1, 0.15) is 29.3 Å². The third-order valence-electron chi connectivity index (χ3n) is 4.21. The number of carbonyl (C=O) groups excluding carboxylic acids is 1. The lowest BCUT2D eigenvalue weighted by molar-refractivity contribution is -0.910. The van der Waals surface area contributed by atoms with Gasteiger partial charge in [-0.2, -0.15) is 0 Å². The maximum atomic E-state index is 12.3. The smallest absolute Gasteiger partial charge is 0.279 e. The van der Waals surface area contributed by atoms with E-state index in [2.05, 4.69) is 22.8 Å². The highest BCUT2D eigenvalue weighted by molar-refractivity contribution is 7.10. The fourth-order valence-corrected chi connectivity index (χ4v) is 4.14. The summed E-state index contributed by atoms with van der Waals surface area (Å²) in [5.41, 5.74) is 1.79. The predicted molar refractivity (Wildman–Crippen MR) is 91.8 cm³/mol. The molecule has 2 N–H and O–H groups in total. The van der Waals surface area contributed by atoms with Crippen molar-refractivity contribution in [3.63, 3.8) is 0 Å². The van der Waals surface area contributed by atoms with Gasteiger partial charge in [-0.3, -0.25) is 4.79 Å². The number of likely N-dealkylation sites (tertiary alicyclic amines) is 1. The molecule has 5 heteroatoms. The van der Waals surface area contributed by atoms with Crippen molar-refractivity contribution in [2.75, 3.05) is 18.4 Å². The minimum Gasteiger partial charge on any atom is -0.321 e. The lowest BCUT2D eigenvalue weighted by Crippen LogP contribution is -3.11. The summed E-state index contributed by atoms with van der Waals surface area (Å²) in [6.07, 6.45) is 2.35. The maximum absolute atomic E-state index is 12.3. The predicted octanol–water partition coefficient (Wildman–Crippen LogP) is 3.07. The van der Waals surface area contributed by atoms with Gasteiger partial charge in [0.15, 0.2) is 6.54 Å². The van der Waals surface area contributed by atoms with Gasteiger partial charge in [0.25, 0.3) is 5.91 Å². The van der Waals surface area contributed by atoms with Crippen molar-refractivity contribution in [1.82, 2.24) is 0 Å². The van der Waals surface area contributed by atoms with Crippen LogP contribution in [0, 0.1) is 6.92 Å². The van der Waals surface area contributed by atoms with Crippen LogP contribution in [0.15, 0.2) is 35.7 Å². The van der Waals surface area contributed by atoms with E-state index in [0.717, 1.165) is 17.8 Å². The van der Waals surface area contributed by atoms with Gasteiger partial charge in [-0.1, -0.05) is 23.7 Å². The lowest BCUT2D eigenvalue weighted by atomic mass is 10.2. The molecule has 3 rings (SSSR count). The Bertz CT molecular complexity index is 657. The van der Waals surface area contributed by atoms with E-state index < -0.39 is 0 Å². The average Bonchev–Trinajstić information content (AvgIpc) is 3.13. The summed E-state index contributed by atoms with van der Waals surface area (Å²) < 4.78 is 0. The first-order valence-electron chi connectivity index (χ1n) is 7.57. The van der Waals surface area contributed by atoms with Crippen molar-refractivity contribution in [2.24, 2.45) is 0 Å². The van der Waals surface area contributed by atoms with E-state index in [1.54, 1.807) is 11.3 Å². The molecular formula is C17H20ClN2OS+. The molecule has 0 radical (unpaired) electrons. The second kappa shape index (κ2) is 6.82. The highest BCUT2D eigenvalue weighted by Crippen LogP contribution is 2.23. The zero-order chi connectivity index (χ0) is 15.5. The molecule has 0 aliphatic carbocycles. The Balaban J connectivity index is 1.62. The van der Waals surface area contributed by atoms with Crippen molar-refractivity contribution >= 4 is 34.5 Å². The van der Waals surface area contributed by atoms with E-state index >= 15 is 0 Å². The van der Waals surface area contributed by atoms with Gasteiger partial charge in [0.1, 0.15) is 6.04 Å². The Morgan fingerprint density at radius 2 is 2.32 bits per heavy atom. The lowest BCUT2D eigenvalue weighted by Gasteiger charge is -2.20. The first kappa shape index (κ1) is 15.5.